The lowest BCUT2D eigenvalue weighted by molar-refractivity contribution is 0.204. The van der Waals surface area contributed by atoms with Gasteiger partial charge in [-0.05, 0) is 48.9 Å². The minimum atomic E-state index is -0.760. The van der Waals surface area contributed by atoms with Crippen LogP contribution in [0.15, 0.2) is 24.4 Å². The molecule has 2 rings (SSSR count). The van der Waals surface area contributed by atoms with Gasteiger partial charge in [-0.1, -0.05) is 29.8 Å². The molecule has 102 valence electrons. The number of aromatic nitrogens is 2. The number of hydrogen-bond donors (Lipinski definition) is 1. The number of rotatable bonds is 3. The molecule has 0 saturated heterocycles. The molecule has 1 N–H and O–H groups in total. The van der Waals surface area contributed by atoms with Crippen molar-refractivity contribution in [3.63, 3.8) is 0 Å². The Morgan fingerprint density at radius 2 is 2.05 bits per heavy atom. The van der Waals surface area contributed by atoms with Crippen LogP contribution >= 0.6 is 34.2 Å². The minimum absolute atomic E-state index is 0.152. The predicted octanol–water partition coefficient (Wildman–Crippen LogP) is 4.11. The lowest BCUT2D eigenvalue weighted by Gasteiger charge is -2.18. The van der Waals surface area contributed by atoms with E-state index >= 15 is 0 Å². The third kappa shape index (κ3) is 2.80. The molecule has 5 heteroatoms. The van der Waals surface area contributed by atoms with Crippen LogP contribution in [0.3, 0.4) is 0 Å². The van der Waals surface area contributed by atoms with Gasteiger partial charge in [0.05, 0.1) is 16.9 Å². The van der Waals surface area contributed by atoms with Crippen LogP contribution in [0.2, 0.25) is 5.02 Å². The van der Waals surface area contributed by atoms with Crippen molar-refractivity contribution in [2.24, 2.45) is 0 Å². The van der Waals surface area contributed by atoms with Gasteiger partial charge in [-0.3, -0.25) is 4.68 Å². The van der Waals surface area contributed by atoms with Crippen LogP contribution < -0.4 is 0 Å². The standard InChI is InChI=1S/C14H16ClIN2O/c1-8(2)18-13(11(15)7-17-18)14(19)10-6-4-5-9(3)12(10)16/h4-8,14,19H,1-3H3. The average Bonchev–Trinajstić information content (AvgIpc) is 2.74. The molecule has 0 spiro atoms. The van der Waals surface area contributed by atoms with Crippen molar-refractivity contribution in [2.45, 2.75) is 32.9 Å². The maximum absolute atomic E-state index is 10.6. The third-order valence-electron chi connectivity index (χ3n) is 3.05. The summed E-state index contributed by atoms with van der Waals surface area (Å²) in [6.45, 7) is 6.06. The van der Waals surface area contributed by atoms with E-state index in [4.69, 9.17) is 11.6 Å². The molecule has 2 aromatic rings. The maximum atomic E-state index is 10.6. The summed E-state index contributed by atoms with van der Waals surface area (Å²) in [6, 6.07) is 6.05. The molecule has 3 nitrogen and oxygen atoms in total. The van der Waals surface area contributed by atoms with Crippen LogP contribution in [0.1, 0.15) is 42.8 Å². The highest BCUT2D eigenvalue weighted by atomic mass is 127. The lowest BCUT2D eigenvalue weighted by Crippen LogP contribution is -2.13. The van der Waals surface area contributed by atoms with Gasteiger partial charge in [-0.15, -0.1) is 0 Å². The summed E-state index contributed by atoms with van der Waals surface area (Å²) in [7, 11) is 0. The van der Waals surface area contributed by atoms with Crippen molar-refractivity contribution < 1.29 is 5.11 Å². The first-order valence-electron chi connectivity index (χ1n) is 6.09. The van der Waals surface area contributed by atoms with Crippen molar-refractivity contribution in [1.29, 1.82) is 0 Å². The first kappa shape index (κ1) is 14.8. The highest BCUT2D eigenvalue weighted by Gasteiger charge is 2.23. The van der Waals surface area contributed by atoms with Crippen LogP contribution in [0.4, 0.5) is 0 Å². The molecule has 0 fully saturated rings. The molecular weight excluding hydrogens is 375 g/mol. The highest BCUT2D eigenvalue weighted by molar-refractivity contribution is 14.1. The number of aliphatic hydroxyl groups excluding tert-OH is 1. The van der Waals surface area contributed by atoms with Gasteiger partial charge in [0.2, 0.25) is 0 Å². The second kappa shape index (κ2) is 5.81. The van der Waals surface area contributed by atoms with E-state index in [1.165, 1.54) is 0 Å². The van der Waals surface area contributed by atoms with Gasteiger partial charge < -0.3 is 5.11 Å². The fourth-order valence-corrected chi connectivity index (χ4v) is 2.93. The Morgan fingerprint density at radius 1 is 1.37 bits per heavy atom. The molecular formula is C14H16ClIN2O. The quantitative estimate of drug-likeness (QED) is 0.801. The topological polar surface area (TPSA) is 38.1 Å². The van der Waals surface area contributed by atoms with Gasteiger partial charge in [-0.25, -0.2) is 0 Å². The summed E-state index contributed by atoms with van der Waals surface area (Å²) in [4.78, 5) is 0. The van der Waals surface area contributed by atoms with Gasteiger partial charge in [-0.2, -0.15) is 5.10 Å². The molecule has 1 unspecified atom stereocenters. The molecule has 1 aromatic carbocycles. The van der Waals surface area contributed by atoms with E-state index in [-0.39, 0.29) is 6.04 Å². The van der Waals surface area contributed by atoms with Crippen molar-refractivity contribution >= 4 is 34.2 Å². The van der Waals surface area contributed by atoms with E-state index in [0.717, 1.165) is 14.7 Å². The summed E-state index contributed by atoms with van der Waals surface area (Å²) < 4.78 is 2.82. The Bertz CT molecular complexity index is 595. The largest absolute Gasteiger partial charge is 0.382 e. The summed E-state index contributed by atoms with van der Waals surface area (Å²) in [5.41, 5.74) is 2.66. The van der Waals surface area contributed by atoms with Crippen LogP contribution in [0, 0.1) is 10.5 Å². The van der Waals surface area contributed by atoms with Crippen LogP contribution in [-0.4, -0.2) is 14.9 Å². The van der Waals surface area contributed by atoms with E-state index in [9.17, 15) is 5.11 Å². The molecule has 19 heavy (non-hydrogen) atoms. The Balaban J connectivity index is 2.53. The van der Waals surface area contributed by atoms with Gasteiger partial charge in [0.15, 0.2) is 0 Å². The molecule has 0 aliphatic rings. The fourth-order valence-electron chi connectivity index (χ4n) is 2.05. The van der Waals surface area contributed by atoms with Crippen LogP contribution in [-0.2, 0) is 0 Å². The maximum Gasteiger partial charge on any atom is 0.123 e. The molecule has 0 radical (unpaired) electrons. The Labute approximate surface area is 131 Å². The van der Waals surface area contributed by atoms with Gasteiger partial charge in [0.25, 0.3) is 0 Å². The number of nitrogens with zero attached hydrogens (tertiary/aromatic N) is 2. The molecule has 1 heterocycles. The fraction of sp³-hybridized carbons (Fsp3) is 0.357. The zero-order valence-corrected chi connectivity index (χ0v) is 14.0. The number of aryl methyl sites for hydroxylation is 1. The number of aliphatic hydroxyl groups is 1. The van der Waals surface area contributed by atoms with Crippen molar-refractivity contribution in [1.82, 2.24) is 9.78 Å². The van der Waals surface area contributed by atoms with Crippen LogP contribution in [0.25, 0.3) is 0 Å². The first-order chi connectivity index (χ1) is 8.93. The highest BCUT2D eigenvalue weighted by Crippen LogP contribution is 2.33. The van der Waals surface area contributed by atoms with Crippen LogP contribution in [0.5, 0.6) is 0 Å². The van der Waals surface area contributed by atoms with Gasteiger partial charge in [0.1, 0.15) is 6.10 Å². The summed E-state index contributed by atoms with van der Waals surface area (Å²) in [5.74, 6) is 0. The number of benzene rings is 1. The van der Waals surface area contributed by atoms with E-state index in [2.05, 4.69) is 27.7 Å². The molecule has 0 bridgehead atoms. The second-order valence-corrected chi connectivity index (χ2v) is 6.28. The monoisotopic (exact) mass is 390 g/mol. The lowest BCUT2D eigenvalue weighted by atomic mass is 10.0. The predicted molar refractivity (Wildman–Crippen MR) is 85.6 cm³/mol. The Hall–Kier alpha value is -0.590. The average molecular weight is 391 g/mol. The normalized spacial score (nSPS) is 13.0. The van der Waals surface area contributed by atoms with Crippen molar-refractivity contribution in [3.8, 4) is 0 Å². The SMILES string of the molecule is Cc1cccc(C(O)c2c(Cl)cnn2C(C)C)c1I. The second-order valence-electron chi connectivity index (χ2n) is 4.80. The smallest absolute Gasteiger partial charge is 0.123 e. The first-order valence-corrected chi connectivity index (χ1v) is 7.55. The molecule has 0 aliphatic carbocycles. The van der Waals surface area contributed by atoms with E-state index in [1.54, 1.807) is 10.9 Å². The Morgan fingerprint density at radius 3 is 2.68 bits per heavy atom. The summed E-state index contributed by atoms with van der Waals surface area (Å²) in [5, 5.41) is 15.4. The third-order valence-corrected chi connectivity index (χ3v) is 4.82. The molecule has 0 aliphatic heterocycles. The van der Waals surface area contributed by atoms with E-state index in [1.807, 2.05) is 39.0 Å². The van der Waals surface area contributed by atoms with Crippen molar-refractivity contribution in [3.05, 3.63) is 49.8 Å². The van der Waals surface area contributed by atoms with Gasteiger partial charge >= 0.3 is 0 Å². The zero-order chi connectivity index (χ0) is 14.2. The molecule has 0 saturated carbocycles. The Kier molecular flexibility index (Phi) is 4.53. The summed E-state index contributed by atoms with van der Waals surface area (Å²) in [6.07, 6.45) is 0.826. The molecule has 0 amide bonds. The number of hydrogen-bond acceptors (Lipinski definition) is 2. The van der Waals surface area contributed by atoms with E-state index < -0.39 is 6.10 Å². The minimum Gasteiger partial charge on any atom is -0.382 e. The van der Waals surface area contributed by atoms with Crippen molar-refractivity contribution in [2.75, 3.05) is 0 Å². The zero-order valence-electron chi connectivity index (χ0n) is 11.1. The summed E-state index contributed by atoms with van der Waals surface area (Å²) >= 11 is 8.43. The number of halogens is 2. The van der Waals surface area contributed by atoms with Gasteiger partial charge in [0, 0.05) is 15.2 Å². The van der Waals surface area contributed by atoms with E-state index in [0.29, 0.717) is 10.7 Å². The molecule has 1 aromatic heterocycles. The molecule has 1 atom stereocenters.